The number of aromatic hydroxyl groups is 1. The number of nitrogens with two attached hydrogens (primary N) is 1. The molecule has 0 unspecified atom stereocenters. The lowest BCUT2D eigenvalue weighted by atomic mass is 10.1. The molecule has 2 heterocycles. The van der Waals surface area contributed by atoms with Gasteiger partial charge in [0.25, 0.3) is 5.91 Å². The topological polar surface area (TPSA) is 210 Å². The maximum absolute atomic E-state index is 12.9. The number of hydrogen-bond acceptors (Lipinski definition) is 12. The molecule has 0 spiro atoms. The van der Waals surface area contributed by atoms with E-state index in [1.165, 1.54) is 17.9 Å². The second-order valence-electron chi connectivity index (χ2n) is 6.55. The van der Waals surface area contributed by atoms with Crippen LogP contribution in [0.1, 0.15) is 16.1 Å². The average Bonchev–Trinajstić information content (AvgIpc) is 3.45. The number of nitrogen functional groups attached to an aromatic ring is 1. The van der Waals surface area contributed by atoms with Crippen molar-refractivity contribution in [1.29, 1.82) is 0 Å². The van der Waals surface area contributed by atoms with Gasteiger partial charge in [-0.05, 0) is 16.4 Å². The van der Waals surface area contributed by atoms with E-state index in [1.54, 1.807) is 30.3 Å². The number of phenols is 1. The number of nitro benzene ring substituents is 1. The number of hydrazone groups is 1. The van der Waals surface area contributed by atoms with Crippen LogP contribution in [0.4, 0.5) is 11.5 Å². The molecule has 0 fully saturated rings. The van der Waals surface area contributed by atoms with E-state index < -0.39 is 22.3 Å². The summed E-state index contributed by atoms with van der Waals surface area (Å²) in [5.74, 6) is -1.60. The highest BCUT2D eigenvalue weighted by Gasteiger charge is 2.25. The van der Waals surface area contributed by atoms with Crippen molar-refractivity contribution < 1.29 is 24.2 Å². The van der Waals surface area contributed by atoms with E-state index in [2.05, 4.69) is 35.8 Å². The molecule has 0 radical (unpaired) electrons. The maximum atomic E-state index is 12.9. The van der Waals surface area contributed by atoms with Crippen molar-refractivity contribution in [3.63, 3.8) is 0 Å². The van der Waals surface area contributed by atoms with E-state index >= 15 is 0 Å². The summed E-state index contributed by atoms with van der Waals surface area (Å²) in [5.41, 5.74) is 8.42. The van der Waals surface area contributed by atoms with Crippen LogP contribution in [-0.2, 0) is 0 Å². The lowest BCUT2D eigenvalue weighted by Crippen LogP contribution is -2.19. The molecule has 15 nitrogen and oxygen atoms in total. The van der Waals surface area contributed by atoms with Crippen molar-refractivity contribution in [3.8, 4) is 28.6 Å². The molecule has 4 rings (SSSR count). The molecule has 0 saturated heterocycles. The van der Waals surface area contributed by atoms with Crippen LogP contribution in [0.5, 0.6) is 11.5 Å². The van der Waals surface area contributed by atoms with Crippen molar-refractivity contribution >= 4 is 23.6 Å². The third-order valence-electron chi connectivity index (χ3n) is 4.54. The standard InChI is InChI=1S/C19H15N9O6/c1-33-16-11(7-8-12(15(16)29)28(31)32)9-21-23-19(30)13-14(10-5-3-2-4-6-10)27(26-22-13)18-17(20)24-34-25-18/h2-9,29H,1H3,(H2,20,24)(H,23,30)/b21-9-. The average molecular weight is 465 g/mol. The Morgan fingerprint density at radius 2 is 2.06 bits per heavy atom. The van der Waals surface area contributed by atoms with Gasteiger partial charge < -0.3 is 15.6 Å². The van der Waals surface area contributed by atoms with Gasteiger partial charge in [-0.3, -0.25) is 14.9 Å². The van der Waals surface area contributed by atoms with Crippen LogP contribution in [0, 0.1) is 10.1 Å². The summed E-state index contributed by atoms with van der Waals surface area (Å²) < 4.78 is 10.8. The normalized spacial score (nSPS) is 11.0. The predicted molar refractivity (Wildman–Crippen MR) is 115 cm³/mol. The number of ether oxygens (including phenoxy) is 1. The maximum Gasteiger partial charge on any atom is 0.314 e. The Labute approximate surface area is 189 Å². The smallest absolute Gasteiger partial charge is 0.314 e. The summed E-state index contributed by atoms with van der Waals surface area (Å²) in [5, 5.41) is 39.9. The largest absolute Gasteiger partial charge is 0.499 e. The van der Waals surface area contributed by atoms with Crippen LogP contribution in [0.25, 0.3) is 17.1 Å². The molecule has 0 aliphatic heterocycles. The first-order valence-electron chi connectivity index (χ1n) is 9.39. The van der Waals surface area contributed by atoms with Gasteiger partial charge in [0.2, 0.25) is 17.4 Å². The lowest BCUT2D eigenvalue weighted by molar-refractivity contribution is -0.385. The van der Waals surface area contributed by atoms with Gasteiger partial charge in [0.05, 0.1) is 18.2 Å². The fraction of sp³-hybridized carbons (Fsp3) is 0.0526. The molecule has 1 amide bonds. The Kier molecular flexibility index (Phi) is 5.81. The molecule has 0 saturated carbocycles. The van der Waals surface area contributed by atoms with Crippen LogP contribution >= 0.6 is 0 Å². The molecular formula is C19H15N9O6. The van der Waals surface area contributed by atoms with Crippen molar-refractivity contribution in [2.45, 2.75) is 0 Å². The number of aromatic nitrogens is 5. The summed E-state index contributed by atoms with van der Waals surface area (Å²) in [6.45, 7) is 0. The van der Waals surface area contributed by atoms with Gasteiger partial charge in [0.1, 0.15) is 5.69 Å². The minimum atomic E-state index is -0.758. The number of rotatable bonds is 7. The molecular weight excluding hydrogens is 450 g/mol. The Morgan fingerprint density at radius 3 is 2.71 bits per heavy atom. The number of carbonyl (C=O) groups excluding carboxylic acids is 1. The number of hydrogen-bond donors (Lipinski definition) is 3. The monoisotopic (exact) mass is 465 g/mol. The molecule has 0 aliphatic rings. The highest BCUT2D eigenvalue weighted by Crippen LogP contribution is 2.37. The first kappa shape index (κ1) is 21.9. The van der Waals surface area contributed by atoms with Crippen LogP contribution in [-0.4, -0.2) is 54.6 Å². The van der Waals surface area contributed by atoms with E-state index in [0.717, 1.165) is 12.3 Å². The zero-order valence-corrected chi connectivity index (χ0v) is 17.3. The summed E-state index contributed by atoms with van der Waals surface area (Å²) in [4.78, 5) is 23.1. The van der Waals surface area contributed by atoms with Crippen LogP contribution in [0.15, 0.2) is 52.2 Å². The van der Waals surface area contributed by atoms with Gasteiger partial charge in [-0.1, -0.05) is 35.5 Å². The molecule has 34 heavy (non-hydrogen) atoms. The molecule has 15 heteroatoms. The lowest BCUT2D eigenvalue weighted by Gasteiger charge is -2.07. The number of nitrogens with one attached hydrogen (secondary N) is 1. The second kappa shape index (κ2) is 9.03. The van der Waals surface area contributed by atoms with Gasteiger partial charge in [-0.15, -0.1) is 5.10 Å². The minimum absolute atomic E-state index is 0.0417. The third-order valence-corrected chi connectivity index (χ3v) is 4.54. The Morgan fingerprint density at radius 1 is 1.29 bits per heavy atom. The predicted octanol–water partition coefficient (Wildman–Crippen LogP) is 1.29. The highest BCUT2D eigenvalue weighted by molar-refractivity contribution is 5.99. The van der Waals surface area contributed by atoms with Crippen LogP contribution in [0.3, 0.4) is 0 Å². The summed E-state index contributed by atoms with van der Waals surface area (Å²) in [6, 6.07) is 11.1. The molecule has 0 bridgehead atoms. The molecule has 2 aromatic carbocycles. The number of methoxy groups -OCH3 is 1. The molecule has 0 atom stereocenters. The Hall–Kier alpha value is -5.34. The van der Waals surface area contributed by atoms with Crippen molar-refractivity contribution in [2.75, 3.05) is 12.8 Å². The van der Waals surface area contributed by atoms with Crippen molar-refractivity contribution in [2.24, 2.45) is 5.10 Å². The Bertz CT molecular complexity index is 1400. The minimum Gasteiger partial charge on any atom is -0.499 e. The van der Waals surface area contributed by atoms with E-state index in [1.807, 2.05) is 0 Å². The van der Waals surface area contributed by atoms with E-state index in [4.69, 9.17) is 10.5 Å². The summed E-state index contributed by atoms with van der Waals surface area (Å²) >= 11 is 0. The SMILES string of the molecule is COc1c(/C=N\NC(=O)c2nnn(-c3nonc3N)c2-c2ccccc2)ccc([N+](=O)[O-])c1O. The molecule has 0 aliphatic carbocycles. The number of anilines is 1. The Balaban J connectivity index is 1.66. The number of nitro groups is 1. The van der Waals surface area contributed by atoms with Crippen LogP contribution in [0.2, 0.25) is 0 Å². The molecule has 2 aromatic heterocycles. The van der Waals surface area contributed by atoms with Crippen molar-refractivity contribution in [3.05, 3.63) is 63.8 Å². The quantitative estimate of drug-likeness (QED) is 0.201. The number of amides is 1. The summed E-state index contributed by atoms with van der Waals surface area (Å²) in [7, 11) is 1.23. The number of benzene rings is 2. The van der Waals surface area contributed by atoms with Crippen LogP contribution < -0.4 is 15.9 Å². The first-order valence-corrected chi connectivity index (χ1v) is 9.39. The summed E-state index contributed by atoms with van der Waals surface area (Å²) in [6.07, 6.45) is 1.15. The zero-order valence-electron chi connectivity index (χ0n) is 17.3. The number of nitrogens with zero attached hydrogens (tertiary/aromatic N) is 7. The van der Waals surface area contributed by atoms with E-state index in [0.29, 0.717) is 5.56 Å². The third kappa shape index (κ3) is 3.95. The second-order valence-corrected chi connectivity index (χ2v) is 6.55. The van der Waals surface area contributed by atoms with E-state index in [9.17, 15) is 20.0 Å². The fourth-order valence-electron chi connectivity index (χ4n) is 3.03. The van der Waals surface area contributed by atoms with Crippen molar-refractivity contribution in [1.82, 2.24) is 30.7 Å². The van der Waals surface area contributed by atoms with Gasteiger partial charge in [-0.2, -0.15) is 9.78 Å². The molecule has 4 N–H and O–H groups in total. The molecule has 172 valence electrons. The van der Waals surface area contributed by atoms with Gasteiger partial charge in [-0.25, -0.2) is 10.1 Å². The first-order chi connectivity index (χ1) is 16.4. The highest BCUT2D eigenvalue weighted by atomic mass is 16.6. The fourth-order valence-corrected chi connectivity index (χ4v) is 3.03. The zero-order chi connectivity index (χ0) is 24.2. The number of phenolic OH excluding ortho intramolecular Hbond substituents is 1. The van der Waals surface area contributed by atoms with Gasteiger partial charge in [0, 0.05) is 17.2 Å². The number of carbonyl (C=O) groups is 1. The van der Waals surface area contributed by atoms with Gasteiger partial charge in [0.15, 0.2) is 11.4 Å². The molecule has 4 aromatic rings. The van der Waals surface area contributed by atoms with Gasteiger partial charge >= 0.3 is 5.69 Å². The van der Waals surface area contributed by atoms with E-state index in [-0.39, 0.29) is 34.3 Å².